The number of hydrogen-bond donors (Lipinski definition) is 1. The molecule has 94 valence electrons. The van der Waals surface area contributed by atoms with Crippen LogP contribution >= 0.6 is 0 Å². The van der Waals surface area contributed by atoms with E-state index in [2.05, 4.69) is 32.9 Å². The van der Waals surface area contributed by atoms with Gasteiger partial charge in [-0.1, -0.05) is 17.7 Å². The van der Waals surface area contributed by atoms with Crippen molar-refractivity contribution < 1.29 is 14.6 Å². The molecule has 2 rings (SSSR count). The van der Waals surface area contributed by atoms with Gasteiger partial charge in [-0.2, -0.15) is 0 Å². The van der Waals surface area contributed by atoms with Crippen molar-refractivity contribution in [3.05, 3.63) is 28.8 Å². The van der Waals surface area contributed by atoms with E-state index < -0.39 is 0 Å². The zero-order valence-electron chi connectivity index (χ0n) is 10.7. The Balaban J connectivity index is 2.09. The molecule has 0 spiro atoms. The summed E-state index contributed by atoms with van der Waals surface area (Å²) in [4.78, 5) is 0. The highest BCUT2D eigenvalue weighted by Gasteiger charge is 2.39. The van der Waals surface area contributed by atoms with Gasteiger partial charge in [0.1, 0.15) is 12.4 Å². The maximum absolute atomic E-state index is 9.34. The smallest absolute Gasteiger partial charge is 0.125 e. The molecule has 0 unspecified atom stereocenters. The quantitative estimate of drug-likeness (QED) is 0.869. The zero-order valence-corrected chi connectivity index (χ0v) is 10.7. The molecule has 0 amide bonds. The van der Waals surface area contributed by atoms with E-state index in [1.807, 2.05) is 0 Å². The Bertz CT molecular complexity index is 379. The fourth-order valence-corrected chi connectivity index (χ4v) is 2.23. The summed E-state index contributed by atoms with van der Waals surface area (Å²) in [5, 5.41) is 9.34. The van der Waals surface area contributed by atoms with Crippen molar-refractivity contribution in [1.82, 2.24) is 0 Å². The molecule has 0 bridgehead atoms. The van der Waals surface area contributed by atoms with Crippen molar-refractivity contribution in [3.63, 3.8) is 0 Å². The molecule has 1 aromatic rings. The van der Waals surface area contributed by atoms with Gasteiger partial charge in [-0.25, -0.2) is 0 Å². The van der Waals surface area contributed by atoms with Gasteiger partial charge in [-0.05, 0) is 31.9 Å². The molecule has 17 heavy (non-hydrogen) atoms. The lowest BCUT2D eigenvalue weighted by Crippen LogP contribution is -2.50. The lowest BCUT2D eigenvalue weighted by molar-refractivity contribution is -0.153. The first-order chi connectivity index (χ1) is 8.06. The van der Waals surface area contributed by atoms with Crippen LogP contribution in [0.3, 0.4) is 0 Å². The molecule has 0 aliphatic carbocycles. The Morgan fingerprint density at radius 1 is 1.24 bits per heavy atom. The van der Waals surface area contributed by atoms with Gasteiger partial charge in [0.25, 0.3) is 0 Å². The summed E-state index contributed by atoms with van der Waals surface area (Å²) in [6, 6.07) is 4.23. The van der Waals surface area contributed by atoms with Crippen molar-refractivity contribution in [2.45, 2.75) is 20.8 Å². The molecule has 1 aliphatic rings. The summed E-state index contributed by atoms with van der Waals surface area (Å²) in [5.74, 6) is 0.940. The summed E-state index contributed by atoms with van der Waals surface area (Å²) in [6.45, 7) is 8.02. The van der Waals surface area contributed by atoms with Crippen LogP contribution in [0.2, 0.25) is 0 Å². The first-order valence-corrected chi connectivity index (χ1v) is 5.96. The number of hydrogen-bond acceptors (Lipinski definition) is 3. The predicted octanol–water partition coefficient (Wildman–Crippen LogP) is 2.00. The fraction of sp³-hybridized carbons (Fsp3) is 0.571. The molecule has 0 atom stereocenters. The van der Waals surface area contributed by atoms with Crippen molar-refractivity contribution >= 4 is 0 Å². The van der Waals surface area contributed by atoms with Gasteiger partial charge in [0.05, 0.1) is 25.2 Å². The molecular formula is C14H20O3. The van der Waals surface area contributed by atoms with Crippen LogP contribution in [0.5, 0.6) is 5.75 Å². The lowest BCUT2D eigenvalue weighted by atomic mass is 9.88. The summed E-state index contributed by atoms with van der Waals surface area (Å²) < 4.78 is 11.0. The highest BCUT2D eigenvalue weighted by molar-refractivity contribution is 5.42. The minimum absolute atomic E-state index is 0.122. The summed E-state index contributed by atoms with van der Waals surface area (Å²) in [7, 11) is 0. The van der Waals surface area contributed by atoms with E-state index >= 15 is 0 Å². The number of benzene rings is 1. The second-order valence-corrected chi connectivity index (χ2v) is 5.17. The van der Waals surface area contributed by atoms with Crippen LogP contribution in [0.15, 0.2) is 12.1 Å². The van der Waals surface area contributed by atoms with E-state index in [0.717, 1.165) is 16.9 Å². The summed E-state index contributed by atoms with van der Waals surface area (Å²) >= 11 is 0. The Morgan fingerprint density at radius 2 is 1.82 bits per heavy atom. The van der Waals surface area contributed by atoms with E-state index in [1.165, 1.54) is 5.56 Å². The molecule has 1 aliphatic heterocycles. The van der Waals surface area contributed by atoms with Gasteiger partial charge in [0, 0.05) is 0 Å². The standard InChI is InChI=1S/C14H20O3/c1-10-4-11(2)13(12(3)5-10)17-9-14(6-15)7-16-8-14/h4-5,15H,6-9H2,1-3H3. The van der Waals surface area contributed by atoms with Gasteiger partial charge in [-0.15, -0.1) is 0 Å². The number of aliphatic hydroxyl groups excluding tert-OH is 1. The molecular weight excluding hydrogens is 216 g/mol. The van der Waals surface area contributed by atoms with E-state index in [1.54, 1.807) is 0 Å². The molecule has 1 heterocycles. The molecule has 3 nitrogen and oxygen atoms in total. The third kappa shape index (κ3) is 2.45. The molecule has 0 aromatic heterocycles. The fourth-order valence-electron chi connectivity index (χ4n) is 2.23. The zero-order chi connectivity index (χ0) is 12.5. The van der Waals surface area contributed by atoms with Crippen LogP contribution in [0.25, 0.3) is 0 Å². The molecule has 1 N–H and O–H groups in total. The molecule has 0 radical (unpaired) electrons. The van der Waals surface area contributed by atoms with Crippen LogP contribution < -0.4 is 4.74 Å². The van der Waals surface area contributed by atoms with Crippen LogP contribution in [0.4, 0.5) is 0 Å². The molecule has 0 saturated carbocycles. The first-order valence-electron chi connectivity index (χ1n) is 5.96. The monoisotopic (exact) mass is 236 g/mol. The maximum atomic E-state index is 9.34. The SMILES string of the molecule is Cc1cc(C)c(OCC2(CO)COC2)c(C)c1. The predicted molar refractivity (Wildman–Crippen MR) is 66.5 cm³/mol. The molecule has 1 saturated heterocycles. The second kappa shape index (κ2) is 4.67. The Kier molecular flexibility index (Phi) is 3.40. The Labute approximate surface area is 102 Å². The third-order valence-corrected chi connectivity index (χ3v) is 3.28. The minimum atomic E-state index is -0.191. The highest BCUT2D eigenvalue weighted by Crippen LogP contribution is 2.30. The van der Waals surface area contributed by atoms with E-state index in [9.17, 15) is 5.11 Å². The number of aryl methyl sites for hydroxylation is 3. The van der Waals surface area contributed by atoms with E-state index in [4.69, 9.17) is 9.47 Å². The summed E-state index contributed by atoms with van der Waals surface area (Å²) in [5.41, 5.74) is 3.35. The normalized spacial score (nSPS) is 17.6. The van der Waals surface area contributed by atoms with E-state index in [-0.39, 0.29) is 12.0 Å². The van der Waals surface area contributed by atoms with Crippen LogP contribution in [-0.4, -0.2) is 31.5 Å². The van der Waals surface area contributed by atoms with Gasteiger partial charge < -0.3 is 14.6 Å². The molecule has 1 fully saturated rings. The average Bonchev–Trinajstić information content (AvgIpc) is 2.19. The van der Waals surface area contributed by atoms with Gasteiger partial charge in [0.2, 0.25) is 0 Å². The van der Waals surface area contributed by atoms with Gasteiger partial charge >= 0.3 is 0 Å². The molecule has 3 heteroatoms. The summed E-state index contributed by atoms with van der Waals surface area (Å²) in [6.07, 6.45) is 0. The highest BCUT2D eigenvalue weighted by atomic mass is 16.5. The van der Waals surface area contributed by atoms with Crippen LogP contribution in [0.1, 0.15) is 16.7 Å². The van der Waals surface area contributed by atoms with E-state index in [0.29, 0.717) is 19.8 Å². The third-order valence-electron chi connectivity index (χ3n) is 3.28. The van der Waals surface area contributed by atoms with Crippen molar-refractivity contribution in [2.24, 2.45) is 5.41 Å². The van der Waals surface area contributed by atoms with Crippen molar-refractivity contribution in [3.8, 4) is 5.75 Å². The largest absolute Gasteiger partial charge is 0.492 e. The van der Waals surface area contributed by atoms with Gasteiger partial charge in [0.15, 0.2) is 0 Å². The van der Waals surface area contributed by atoms with Gasteiger partial charge in [-0.3, -0.25) is 0 Å². The minimum Gasteiger partial charge on any atom is -0.492 e. The second-order valence-electron chi connectivity index (χ2n) is 5.17. The first kappa shape index (κ1) is 12.4. The number of rotatable bonds is 4. The van der Waals surface area contributed by atoms with Crippen LogP contribution in [0, 0.1) is 26.2 Å². The lowest BCUT2D eigenvalue weighted by Gasteiger charge is -2.39. The Hall–Kier alpha value is -1.06. The van der Waals surface area contributed by atoms with Crippen molar-refractivity contribution in [2.75, 3.05) is 26.4 Å². The maximum Gasteiger partial charge on any atom is 0.125 e. The average molecular weight is 236 g/mol. The van der Waals surface area contributed by atoms with Crippen LogP contribution in [-0.2, 0) is 4.74 Å². The number of ether oxygens (including phenoxy) is 2. The van der Waals surface area contributed by atoms with Crippen molar-refractivity contribution in [1.29, 1.82) is 0 Å². The Morgan fingerprint density at radius 3 is 2.24 bits per heavy atom. The topological polar surface area (TPSA) is 38.7 Å². The number of aliphatic hydroxyl groups is 1. The molecule has 1 aromatic carbocycles.